The van der Waals surface area contributed by atoms with Crippen LogP contribution in [0.15, 0.2) is 65.6 Å². The lowest BCUT2D eigenvalue weighted by Crippen LogP contribution is -2.28. The minimum atomic E-state index is -3.58. The van der Waals surface area contributed by atoms with Gasteiger partial charge in [0.2, 0.25) is 10.0 Å². The van der Waals surface area contributed by atoms with Gasteiger partial charge in [0.1, 0.15) is 12.4 Å². The van der Waals surface area contributed by atoms with E-state index in [2.05, 4.69) is 9.82 Å². The summed E-state index contributed by atoms with van der Waals surface area (Å²) in [7, 11) is -3.58. The maximum absolute atomic E-state index is 12.4. The molecule has 0 aliphatic carbocycles. The molecule has 0 amide bonds. The molecule has 0 fully saturated rings. The molecule has 136 valence electrons. The van der Waals surface area contributed by atoms with Gasteiger partial charge in [-0.2, -0.15) is 5.10 Å². The van der Waals surface area contributed by atoms with Crippen molar-refractivity contribution in [2.75, 3.05) is 13.2 Å². The van der Waals surface area contributed by atoms with E-state index in [0.717, 1.165) is 17.1 Å². The maximum Gasteiger partial charge on any atom is 0.240 e. The second-order valence-corrected chi connectivity index (χ2v) is 7.66. The zero-order valence-corrected chi connectivity index (χ0v) is 15.5. The smallest absolute Gasteiger partial charge is 0.240 e. The highest BCUT2D eigenvalue weighted by molar-refractivity contribution is 7.89. The number of sulfonamides is 1. The predicted octanol–water partition coefficient (Wildman–Crippen LogP) is 2.85. The second kappa shape index (κ2) is 7.72. The molecule has 0 aliphatic heterocycles. The van der Waals surface area contributed by atoms with Gasteiger partial charge in [-0.1, -0.05) is 18.2 Å². The Kier molecular flexibility index (Phi) is 5.39. The maximum atomic E-state index is 12.4. The third-order valence-corrected chi connectivity index (χ3v) is 5.28. The van der Waals surface area contributed by atoms with E-state index in [-0.39, 0.29) is 18.0 Å². The van der Waals surface area contributed by atoms with Crippen LogP contribution in [0.2, 0.25) is 0 Å². The molecule has 0 bridgehead atoms. The standard InChI is InChI=1S/C19H21N3O3S/c1-15-14-16(2)22(21-15)17-8-10-19(11-9-17)26(23,24)20-12-13-25-18-6-4-3-5-7-18/h3-11,14,20H,12-13H2,1-2H3. The van der Waals surface area contributed by atoms with Gasteiger partial charge in [0.25, 0.3) is 0 Å². The van der Waals surface area contributed by atoms with Crippen LogP contribution in [-0.2, 0) is 10.0 Å². The Labute approximate surface area is 153 Å². The summed E-state index contributed by atoms with van der Waals surface area (Å²) >= 11 is 0. The molecule has 0 atom stereocenters. The normalized spacial score (nSPS) is 11.5. The van der Waals surface area contributed by atoms with Crippen molar-refractivity contribution in [2.45, 2.75) is 18.7 Å². The first-order valence-corrected chi connectivity index (χ1v) is 9.75. The van der Waals surface area contributed by atoms with Gasteiger partial charge in [0.15, 0.2) is 0 Å². The number of nitrogens with zero attached hydrogens (tertiary/aromatic N) is 2. The Morgan fingerprint density at radius 1 is 1.04 bits per heavy atom. The summed E-state index contributed by atoms with van der Waals surface area (Å²) in [4.78, 5) is 0.211. The van der Waals surface area contributed by atoms with Gasteiger partial charge >= 0.3 is 0 Å². The molecule has 0 aliphatic rings. The van der Waals surface area contributed by atoms with E-state index < -0.39 is 10.0 Å². The summed E-state index contributed by atoms with van der Waals surface area (Å²) in [5, 5.41) is 4.40. The van der Waals surface area contributed by atoms with E-state index in [1.807, 2.05) is 50.2 Å². The van der Waals surface area contributed by atoms with Crippen molar-refractivity contribution in [1.82, 2.24) is 14.5 Å². The highest BCUT2D eigenvalue weighted by Gasteiger charge is 2.14. The molecule has 3 aromatic rings. The summed E-state index contributed by atoms with van der Waals surface area (Å²) in [6.07, 6.45) is 0. The monoisotopic (exact) mass is 371 g/mol. The van der Waals surface area contributed by atoms with Crippen molar-refractivity contribution < 1.29 is 13.2 Å². The van der Waals surface area contributed by atoms with E-state index in [0.29, 0.717) is 5.75 Å². The molecule has 0 spiro atoms. The summed E-state index contributed by atoms with van der Waals surface area (Å²) in [5.41, 5.74) is 2.73. The van der Waals surface area contributed by atoms with Crippen LogP contribution in [0.4, 0.5) is 0 Å². The van der Waals surface area contributed by atoms with Gasteiger partial charge in [0.05, 0.1) is 16.3 Å². The SMILES string of the molecule is Cc1cc(C)n(-c2ccc(S(=O)(=O)NCCOc3ccccc3)cc2)n1. The highest BCUT2D eigenvalue weighted by Crippen LogP contribution is 2.16. The first-order chi connectivity index (χ1) is 12.5. The summed E-state index contributed by atoms with van der Waals surface area (Å²) in [5.74, 6) is 0.709. The van der Waals surface area contributed by atoms with Crippen molar-refractivity contribution in [3.05, 3.63) is 72.1 Å². The molecule has 26 heavy (non-hydrogen) atoms. The van der Waals surface area contributed by atoms with Crippen LogP contribution in [0.25, 0.3) is 5.69 Å². The van der Waals surface area contributed by atoms with Gasteiger partial charge < -0.3 is 4.74 Å². The summed E-state index contributed by atoms with van der Waals surface area (Å²) < 4.78 is 34.6. The number of hydrogen-bond acceptors (Lipinski definition) is 4. The molecular weight excluding hydrogens is 350 g/mol. The number of hydrogen-bond donors (Lipinski definition) is 1. The molecule has 2 aromatic carbocycles. The summed E-state index contributed by atoms with van der Waals surface area (Å²) in [6, 6.07) is 17.9. The van der Waals surface area contributed by atoms with E-state index in [4.69, 9.17) is 4.74 Å². The Balaban J connectivity index is 1.61. The van der Waals surface area contributed by atoms with Crippen LogP contribution in [-0.4, -0.2) is 31.3 Å². The van der Waals surface area contributed by atoms with Crippen molar-refractivity contribution >= 4 is 10.0 Å². The molecule has 7 heteroatoms. The minimum absolute atomic E-state index is 0.191. The Morgan fingerprint density at radius 3 is 2.35 bits per heavy atom. The highest BCUT2D eigenvalue weighted by atomic mass is 32.2. The third-order valence-electron chi connectivity index (χ3n) is 3.81. The number of benzene rings is 2. The van der Waals surface area contributed by atoms with Crippen LogP contribution in [0.5, 0.6) is 5.75 Å². The van der Waals surface area contributed by atoms with Gasteiger partial charge in [-0.15, -0.1) is 0 Å². The Hall–Kier alpha value is -2.64. The summed E-state index contributed by atoms with van der Waals surface area (Å²) in [6.45, 7) is 4.33. The predicted molar refractivity (Wildman–Crippen MR) is 100 cm³/mol. The number of aryl methyl sites for hydroxylation is 2. The Morgan fingerprint density at radius 2 is 1.73 bits per heavy atom. The lowest BCUT2D eigenvalue weighted by Gasteiger charge is -2.09. The van der Waals surface area contributed by atoms with Crippen LogP contribution in [0.1, 0.15) is 11.4 Å². The first kappa shape index (κ1) is 18.2. The molecule has 0 saturated heterocycles. The van der Waals surface area contributed by atoms with E-state index in [1.54, 1.807) is 28.9 Å². The molecule has 1 N–H and O–H groups in total. The second-order valence-electron chi connectivity index (χ2n) is 5.89. The first-order valence-electron chi connectivity index (χ1n) is 8.27. The zero-order valence-electron chi connectivity index (χ0n) is 14.7. The van der Waals surface area contributed by atoms with Crippen LogP contribution >= 0.6 is 0 Å². The number of aromatic nitrogens is 2. The molecule has 0 unspecified atom stereocenters. The van der Waals surface area contributed by atoms with Gasteiger partial charge in [-0.05, 0) is 56.3 Å². The van der Waals surface area contributed by atoms with Crippen molar-refractivity contribution in [3.63, 3.8) is 0 Å². The molecular formula is C19H21N3O3S. The molecule has 1 aromatic heterocycles. The third kappa shape index (κ3) is 4.30. The van der Waals surface area contributed by atoms with Gasteiger partial charge in [-0.3, -0.25) is 0 Å². The lowest BCUT2D eigenvalue weighted by molar-refractivity contribution is 0.323. The number of ether oxygens (including phenoxy) is 1. The quantitative estimate of drug-likeness (QED) is 0.648. The van der Waals surface area contributed by atoms with Gasteiger partial charge in [0, 0.05) is 12.2 Å². The average Bonchev–Trinajstić information content (AvgIpc) is 2.98. The molecule has 3 rings (SSSR count). The number of para-hydroxylation sites is 1. The molecule has 0 radical (unpaired) electrons. The molecule has 0 saturated carbocycles. The lowest BCUT2D eigenvalue weighted by atomic mass is 10.3. The topological polar surface area (TPSA) is 73.2 Å². The fourth-order valence-corrected chi connectivity index (χ4v) is 3.61. The zero-order chi connectivity index (χ0) is 18.6. The van der Waals surface area contributed by atoms with Crippen LogP contribution in [0.3, 0.4) is 0 Å². The van der Waals surface area contributed by atoms with Gasteiger partial charge in [-0.25, -0.2) is 17.8 Å². The van der Waals surface area contributed by atoms with Crippen molar-refractivity contribution in [3.8, 4) is 11.4 Å². The fraction of sp³-hybridized carbons (Fsp3) is 0.211. The number of nitrogens with one attached hydrogen (secondary N) is 1. The van der Waals surface area contributed by atoms with E-state index in [9.17, 15) is 8.42 Å². The van der Waals surface area contributed by atoms with Crippen LogP contribution in [0, 0.1) is 13.8 Å². The van der Waals surface area contributed by atoms with E-state index >= 15 is 0 Å². The fourth-order valence-electron chi connectivity index (χ4n) is 2.60. The van der Waals surface area contributed by atoms with Crippen molar-refractivity contribution in [2.24, 2.45) is 0 Å². The van der Waals surface area contributed by atoms with Crippen molar-refractivity contribution in [1.29, 1.82) is 0 Å². The minimum Gasteiger partial charge on any atom is -0.492 e. The number of rotatable bonds is 7. The van der Waals surface area contributed by atoms with Crippen LogP contribution < -0.4 is 9.46 Å². The van der Waals surface area contributed by atoms with E-state index in [1.165, 1.54) is 0 Å². The molecule has 6 nitrogen and oxygen atoms in total. The largest absolute Gasteiger partial charge is 0.492 e. The Bertz CT molecular complexity index is 965. The molecule has 1 heterocycles. The average molecular weight is 371 g/mol.